The average Bonchev–Trinajstić information content (AvgIpc) is 2.83. The zero-order chi connectivity index (χ0) is 14.0. The number of hydrogen-bond acceptors (Lipinski definition) is 4. The van der Waals surface area contributed by atoms with Gasteiger partial charge in [0, 0.05) is 19.2 Å². The van der Waals surface area contributed by atoms with Gasteiger partial charge in [0.25, 0.3) is 5.91 Å². The molecular formula is C12H12BrNO5. The van der Waals surface area contributed by atoms with Gasteiger partial charge >= 0.3 is 5.97 Å². The molecule has 1 aromatic rings. The third-order valence-electron chi connectivity index (χ3n) is 2.68. The van der Waals surface area contributed by atoms with E-state index >= 15 is 0 Å². The Morgan fingerprint density at radius 1 is 1.42 bits per heavy atom. The number of amides is 1. The second-order valence-corrected chi connectivity index (χ2v) is 4.92. The van der Waals surface area contributed by atoms with Crippen LogP contribution < -0.4 is 9.47 Å². The lowest BCUT2D eigenvalue weighted by molar-refractivity contribution is -0.137. The van der Waals surface area contributed by atoms with Crippen LogP contribution in [0.25, 0.3) is 0 Å². The molecule has 2 rings (SSSR count). The van der Waals surface area contributed by atoms with Crippen molar-refractivity contribution in [3.8, 4) is 11.5 Å². The van der Waals surface area contributed by atoms with Crippen molar-refractivity contribution in [2.75, 3.05) is 20.4 Å². The summed E-state index contributed by atoms with van der Waals surface area (Å²) in [5.41, 5.74) is 0.420. The van der Waals surface area contributed by atoms with Gasteiger partial charge in [0.15, 0.2) is 11.5 Å². The lowest BCUT2D eigenvalue weighted by Gasteiger charge is -2.16. The van der Waals surface area contributed by atoms with Crippen LogP contribution in [0, 0.1) is 0 Å². The smallest absolute Gasteiger partial charge is 0.305 e. The Morgan fingerprint density at radius 3 is 2.84 bits per heavy atom. The van der Waals surface area contributed by atoms with Gasteiger partial charge in [-0.3, -0.25) is 9.59 Å². The first-order valence-electron chi connectivity index (χ1n) is 5.55. The van der Waals surface area contributed by atoms with Crippen LogP contribution in [0.1, 0.15) is 16.8 Å². The number of carboxylic acids is 1. The first-order valence-corrected chi connectivity index (χ1v) is 6.34. The van der Waals surface area contributed by atoms with Crippen molar-refractivity contribution in [2.24, 2.45) is 0 Å². The molecule has 0 aliphatic carbocycles. The lowest BCUT2D eigenvalue weighted by Crippen LogP contribution is -2.29. The summed E-state index contributed by atoms with van der Waals surface area (Å²) in [6.07, 6.45) is -0.0893. The van der Waals surface area contributed by atoms with Gasteiger partial charge in [-0.2, -0.15) is 0 Å². The first-order chi connectivity index (χ1) is 8.99. The summed E-state index contributed by atoms with van der Waals surface area (Å²) < 4.78 is 11.1. The molecule has 0 bridgehead atoms. The van der Waals surface area contributed by atoms with Gasteiger partial charge in [0.1, 0.15) is 0 Å². The lowest BCUT2D eigenvalue weighted by atomic mass is 10.1. The summed E-state index contributed by atoms with van der Waals surface area (Å²) in [5.74, 6) is -0.124. The predicted octanol–water partition coefficient (Wildman–Crippen LogP) is 1.72. The number of aliphatic carboxylic acids is 1. The Balaban J connectivity index is 2.15. The molecule has 19 heavy (non-hydrogen) atoms. The van der Waals surface area contributed by atoms with E-state index in [0.717, 1.165) is 0 Å². The predicted molar refractivity (Wildman–Crippen MR) is 69.5 cm³/mol. The summed E-state index contributed by atoms with van der Waals surface area (Å²) in [4.78, 5) is 24.0. The van der Waals surface area contributed by atoms with Crippen molar-refractivity contribution >= 4 is 27.8 Å². The molecule has 0 atom stereocenters. The third-order valence-corrected chi connectivity index (χ3v) is 3.27. The molecule has 0 unspecified atom stereocenters. The van der Waals surface area contributed by atoms with Crippen molar-refractivity contribution in [3.05, 3.63) is 22.2 Å². The molecule has 0 radical (unpaired) electrons. The van der Waals surface area contributed by atoms with Crippen molar-refractivity contribution in [1.29, 1.82) is 0 Å². The summed E-state index contributed by atoms with van der Waals surface area (Å²) in [7, 11) is 1.56. The van der Waals surface area contributed by atoms with Gasteiger partial charge in [-0.25, -0.2) is 0 Å². The number of carbonyl (C=O) groups is 2. The zero-order valence-electron chi connectivity index (χ0n) is 10.2. The number of benzene rings is 1. The quantitative estimate of drug-likeness (QED) is 0.910. The highest BCUT2D eigenvalue weighted by atomic mass is 79.9. The van der Waals surface area contributed by atoms with Crippen LogP contribution >= 0.6 is 15.9 Å². The second kappa shape index (κ2) is 5.48. The molecular weight excluding hydrogens is 318 g/mol. The first kappa shape index (κ1) is 13.7. The molecule has 0 fully saturated rings. The SMILES string of the molecule is CN(CCC(=O)O)C(=O)c1cc(Br)c2c(c1)OCO2. The second-order valence-electron chi connectivity index (χ2n) is 4.06. The van der Waals surface area contributed by atoms with Gasteiger partial charge < -0.3 is 19.5 Å². The average molecular weight is 330 g/mol. The highest BCUT2D eigenvalue weighted by Crippen LogP contribution is 2.40. The van der Waals surface area contributed by atoms with Gasteiger partial charge in [0.05, 0.1) is 10.9 Å². The van der Waals surface area contributed by atoms with Crippen molar-refractivity contribution in [3.63, 3.8) is 0 Å². The topological polar surface area (TPSA) is 76.1 Å². The van der Waals surface area contributed by atoms with Gasteiger partial charge in [-0.05, 0) is 28.1 Å². The molecule has 1 aliphatic rings. The van der Waals surface area contributed by atoms with Crippen LogP contribution in [0.15, 0.2) is 16.6 Å². The summed E-state index contributed by atoms with van der Waals surface area (Å²) in [6.45, 7) is 0.278. The molecule has 1 heterocycles. The summed E-state index contributed by atoms with van der Waals surface area (Å²) in [6, 6.07) is 3.22. The fraction of sp³-hybridized carbons (Fsp3) is 0.333. The van der Waals surface area contributed by atoms with Crippen molar-refractivity contribution < 1.29 is 24.2 Å². The van der Waals surface area contributed by atoms with E-state index in [0.29, 0.717) is 21.5 Å². The van der Waals surface area contributed by atoms with Gasteiger partial charge in [-0.1, -0.05) is 0 Å². The standard InChI is InChI=1S/C12H12BrNO5/c1-14(3-2-10(15)16)12(17)7-4-8(13)11-9(5-7)18-6-19-11/h4-5H,2-3,6H2,1H3,(H,15,16). The van der Waals surface area contributed by atoms with Crippen molar-refractivity contribution in [1.82, 2.24) is 4.90 Å². The fourth-order valence-electron chi connectivity index (χ4n) is 1.68. The Morgan fingerprint density at radius 2 is 2.16 bits per heavy atom. The molecule has 0 spiro atoms. The molecule has 1 aliphatic heterocycles. The molecule has 0 saturated heterocycles. The molecule has 6 nitrogen and oxygen atoms in total. The van der Waals surface area contributed by atoms with E-state index in [9.17, 15) is 9.59 Å². The zero-order valence-corrected chi connectivity index (χ0v) is 11.8. The summed E-state index contributed by atoms with van der Waals surface area (Å²) >= 11 is 3.31. The van der Waals surface area contributed by atoms with Crippen LogP contribution in [0.5, 0.6) is 11.5 Å². The number of carboxylic acid groups (broad SMARTS) is 1. The summed E-state index contributed by atoms with van der Waals surface area (Å²) in [5, 5.41) is 8.60. The highest BCUT2D eigenvalue weighted by molar-refractivity contribution is 9.10. The van der Waals surface area contributed by atoms with E-state index in [4.69, 9.17) is 14.6 Å². The number of hydrogen-bond donors (Lipinski definition) is 1. The van der Waals surface area contributed by atoms with Crippen molar-refractivity contribution in [2.45, 2.75) is 6.42 Å². The molecule has 1 N–H and O–H groups in total. The third kappa shape index (κ3) is 2.98. The fourth-order valence-corrected chi connectivity index (χ4v) is 2.23. The number of halogens is 1. The Kier molecular flexibility index (Phi) is 3.94. The highest BCUT2D eigenvalue weighted by Gasteiger charge is 2.22. The van der Waals surface area contributed by atoms with E-state index in [1.807, 2.05) is 0 Å². The maximum atomic E-state index is 12.1. The van der Waals surface area contributed by atoms with Crippen LogP contribution in [0.2, 0.25) is 0 Å². The number of rotatable bonds is 4. The van der Waals surface area contributed by atoms with Crippen LogP contribution in [-0.2, 0) is 4.79 Å². The minimum Gasteiger partial charge on any atom is -0.481 e. The van der Waals surface area contributed by atoms with Crippen LogP contribution in [-0.4, -0.2) is 42.3 Å². The molecule has 0 saturated carbocycles. The number of ether oxygens (including phenoxy) is 2. The Bertz CT molecular complexity index is 531. The van der Waals surface area contributed by atoms with E-state index in [1.165, 1.54) is 4.90 Å². The largest absolute Gasteiger partial charge is 0.481 e. The van der Waals surface area contributed by atoms with Gasteiger partial charge in [-0.15, -0.1) is 0 Å². The molecule has 102 valence electrons. The number of nitrogens with zero attached hydrogens (tertiary/aromatic N) is 1. The Labute approximate surface area is 118 Å². The van der Waals surface area contributed by atoms with Crippen LogP contribution in [0.3, 0.4) is 0 Å². The minimum atomic E-state index is -0.938. The van der Waals surface area contributed by atoms with E-state index in [2.05, 4.69) is 15.9 Å². The molecule has 1 amide bonds. The van der Waals surface area contributed by atoms with Crippen LogP contribution in [0.4, 0.5) is 0 Å². The van der Waals surface area contributed by atoms with Gasteiger partial charge in [0.2, 0.25) is 6.79 Å². The molecule has 1 aromatic carbocycles. The molecule has 7 heteroatoms. The number of carbonyl (C=O) groups excluding carboxylic acids is 1. The normalized spacial score (nSPS) is 12.3. The maximum Gasteiger partial charge on any atom is 0.305 e. The monoisotopic (exact) mass is 329 g/mol. The molecule has 0 aromatic heterocycles. The maximum absolute atomic E-state index is 12.1. The van der Waals surface area contributed by atoms with E-state index < -0.39 is 5.97 Å². The minimum absolute atomic E-state index is 0.0893. The number of fused-ring (bicyclic) bond motifs is 1. The van der Waals surface area contributed by atoms with E-state index in [-0.39, 0.29) is 25.7 Å². The van der Waals surface area contributed by atoms with E-state index in [1.54, 1.807) is 19.2 Å². The Hall–Kier alpha value is -1.76.